The fourth-order valence-corrected chi connectivity index (χ4v) is 1.83. The number of anilines is 1. The second-order valence-corrected chi connectivity index (χ2v) is 3.96. The fraction of sp³-hybridized carbons (Fsp3) is 0.385. The number of aromatic nitrogens is 1. The van der Waals surface area contributed by atoms with Crippen molar-refractivity contribution in [3.63, 3.8) is 0 Å². The summed E-state index contributed by atoms with van der Waals surface area (Å²) in [7, 11) is 2.04. The number of rotatable bonds is 6. The number of hydrogen-bond donors (Lipinski definition) is 2. The fourth-order valence-electron chi connectivity index (χ4n) is 1.83. The highest BCUT2D eigenvalue weighted by atomic mass is 16.5. The molecule has 4 heteroatoms. The molecule has 1 heterocycles. The average molecular weight is 234 g/mol. The molecule has 4 nitrogen and oxygen atoms in total. The lowest BCUT2D eigenvalue weighted by Gasteiger charge is -2.07. The maximum atomic E-state index is 8.56. The molecule has 0 aliphatic carbocycles. The highest BCUT2D eigenvalue weighted by molar-refractivity contribution is 5.83. The van der Waals surface area contributed by atoms with E-state index in [0.29, 0.717) is 13.2 Å². The van der Waals surface area contributed by atoms with E-state index in [1.54, 1.807) is 0 Å². The third kappa shape index (κ3) is 2.99. The van der Waals surface area contributed by atoms with Gasteiger partial charge in [0.05, 0.1) is 19.8 Å². The van der Waals surface area contributed by atoms with Gasteiger partial charge in [-0.2, -0.15) is 0 Å². The minimum absolute atomic E-state index is 0.0793. The van der Waals surface area contributed by atoms with Gasteiger partial charge in [-0.3, -0.25) is 0 Å². The van der Waals surface area contributed by atoms with E-state index in [1.807, 2.05) is 7.05 Å². The molecule has 1 aromatic heterocycles. The van der Waals surface area contributed by atoms with E-state index in [2.05, 4.69) is 40.3 Å². The van der Waals surface area contributed by atoms with Gasteiger partial charge in [0.15, 0.2) is 0 Å². The Bertz CT molecular complexity index is 479. The second-order valence-electron chi connectivity index (χ2n) is 3.96. The third-order valence-electron chi connectivity index (χ3n) is 2.70. The number of fused-ring (bicyclic) bond motifs is 1. The van der Waals surface area contributed by atoms with Crippen LogP contribution in [-0.4, -0.2) is 36.0 Å². The number of aliphatic hydroxyl groups is 1. The summed E-state index contributed by atoms with van der Waals surface area (Å²) in [6.07, 6.45) is 2.05. The van der Waals surface area contributed by atoms with E-state index in [0.717, 1.165) is 12.2 Å². The van der Waals surface area contributed by atoms with Crippen molar-refractivity contribution in [1.82, 2.24) is 4.57 Å². The van der Waals surface area contributed by atoms with Crippen molar-refractivity contribution in [3.05, 3.63) is 30.5 Å². The van der Waals surface area contributed by atoms with Gasteiger partial charge in [-0.15, -0.1) is 0 Å². The van der Waals surface area contributed by atoms with E-state index < -0.39 is 0 Å². The number of hydrogen-bond acceptors (Lipinski definition) is 3. The molecule has 0 radical (unpaired) electrons. The number of ether oxygens (including phenoxy) is 1. The average Bonchev–Trinajstić information content (AvgIpc) is 2.71. The number of nitrogens with one attached hydrogen (secondary N) is 1. The molecular weight excluding hydrogens is 216 g/mol. The van der Waals surface area contributed by atoms with Gasteiger partial charge < -0.3 is 19.7 Å². The second kappa shape index (κ2) is 5.70. The number of aryl methyl sites for hydroxylation is 1. The Morgan fingerprint density at radius 1 is 1.29 bits per heavy atom. The molecule has 92 valence electrons. The molecule has 0 unspecified atom stereocenters. The van der Waals surface area contributed by atoms with Gasteiger partial charge in [-0.05, 0) is 24.3 Å². The van der Waals surface area contributed by atoms with Gasteiger partial charge in [0.25, 0.3) is 0 Å². The summed E-state index contributed by atoms with van der Waals surface area (Å²) in [5.41, 5.74) is 2.32. The maximum Gasteiger partial charge on any atom is 0.0698 e. The summed E-state index contributed by atoms with van der Waals surface area (Å²) in [4.78, 5) is 0. The highest BCUT2D eigenvalue weighted by Crippen LogP contribution is 2.19. The molecule has 0 saturated heterocycles. The monoisotopic (exact) mass is 234 g/mol. The van der Waals surface area contributed by atoms with Crippen LogP contribution in [0.1, 0.15) is 0 Å². The first-order valence-electron chi connectivity index (χ1n) is 5.79. The Balaban J connectivity index is 1.91. The topological polar surface area (TPSA) is 46.4 Å². The van der Waals surface area contributed by atoms with E-state index in [-0.39, 0.29) is 6.61 Å². The van der Waals surface area contributed by atoms with Crippen molar-refractivity contribution in [2.45, 2.75) is 0 Å². The predicted octanol–water partition coefficient (Wildman–Crippen LogP) is 1.60. The smallest absolute Gasteiger partial charge is 0.0698 e. The number of nitrogens with zero attached hydrogens (tertiary/aromatic N) is 1. The van der Waals surface area contributed by atoms with Crippen LogP contribution in [0.2, 0.25) is 0 Å². The molecule has 2 rings (SSSR count). The summed E-state index contributed by atoms with van der Waals surface area (Å²) in [5, 5.41) is 13.1. The normalized spacial score (nSPS) is 10.9. The zero-order valence-electron chi connectivity index (χ0n) is 10.0. The molecule has 2 aromatic rings. The van der Waals surface area contributed by atoms with E-state index in [4.69, 9.17) is 9.84 Å². The minimum atomic E-state index is 0.0793. The van der Waals surface area contributed by atoms with Crippen LogP contribution in [0.15, 0.2) is 30.5 Å². The van der Waals surface area contributed by atoms with Crippen LogP contribution in [0.4, 0.5) is 5.69 Å². The van der Waals surface area contributed by atoms with Crippen molar-refractivity contribution in [1.29, 1.82) is 0 Å². The molecule has 0 amide bonds. The van der Waals surface area contributed by atoms with Crippen molar-refractivity contribution in [3.8, 4) is 0 Å². The standard InChI is InChI=1S/C13H18N2O2/c1-15-6-4-11-10-12(2-3-13(11)15)14-5-8-17-9-7-16/h2-4,6,10,14,16H,5,7-9H2,1H3. The van der Waals surface area contributed by atoms with Gasteiger partial charge in [0.2, 0.25) is 0 Å². The van der Waals surface area contributed by atoms with E-state index >= 15 is 0 Å². The molecule has 0 fully saturated rings. The molecule has 0 aliphatic rings. The van der Waals surface area contributed by atoms with Gasteiger partial charge in [0, 0.05) is 36.4 Å². The molecule has 0 spiro atoms. The number of benzene rings is 1. The Morgan fingerprint density at radius 3 is 3.00 bits per heavy atom. The largest absolute Gasteiger partial charge is 0.394 e. The van der Waals surface area contributed by atoms with Crippen molar-refractivity contribution >= 4 is 16.6 Å². The summed E-state index contributed by atoms with van der Waals surface area (Å²) in [5.74, 6) is 0. The Morgan fingerprint density at radius 2 is 2.18 bits per heavy atom. The van der Waals surface area contributed by atoms with Gasteiger partial charge in [-0.25, -0.2) is 0 Å². The first kappa shape index (κ1) is 12.0. The highest BCUT2D eigenvalue weighted by Gasteiger charge is 1.99. The molecule has 0 bridgehead atoms. The molecule has 17 heavy (non-hydrogen) atoms. The zero-order valence-corrected chi connectivity index (χ0v) is 10.0. The minimum Gasteiger partial charge on any atom is -0.394 e. The quantitative estimate of drug-likeness (QED) is 0.746. The Kier molecular flexibility index (Phi) is 4.01. The molecule has 0 saturated carbocycles. The molecule has 0 aliphatic heterocycles. The van der Waals surface area contributed by atoms with Gasteiger partial charge in [-0.1, -0.05) is 0 Å². The summed E-state index contributed by atoms with van der Waals surface area (Å²) in [6.45, 7) is 1.83. The van der Waals surface area contributed by atoms with Crippen molar-refractivity contribution < 1.29 is 9.84 Å². The van der Waals surface area contributed by atoms with Gasteiger partial charge in [0.1, 0.15) is 0 Å². The lowest BCUT2D eigenvalue weighted by Crippen LogP contribution is -2.11. The Labute approximate surface area is 101 Å². The van der Waals surface area contributed by atoms with Crippen LogP contribution >= 0.6 is 0 Å². The van der Waals surface area contributed by atoms with E-state index in [1.165, 1.54) is 10.9 Å². The van der Waals surface area contributed by atoms with Crippen molar-refractivity contribution in [2.24, 2.45) is 7.05 Å². The van der Waals surface area contributed by atoms with E-state index in [9.17, 15) is 0 Å². The zero-order chi connectivity index (χ0) is 12.1. The van der Waals surface area contributed by atoms with Crippen LogP contribution in [0.3, 0.4) is 0 Å². The first-order valence-corrected chi connectivity index (χ1v) is 5.79. The molecule has 0 atom stereocenters. The van der Waals surface area contributed by atoms with Crippen molar-refractivity contribution in [2.75, 3.05) is 31.7 Å². The summed E-state index contributed by atoms with van der Waals surface area (Å²) >= 11 is 0. The van der Waals surface area contributed by atoms with Crippen LogP contribution in [0.25, 0.3) is 10.9 Å². The summed E-state index contributed by atoms with van der Waals surface area (Å²) < 4.78 is 7.28. The van der Waals surface area contributed by atoms with Crippen LogP contribution in [0.5, 0.6) is 0 Å². The van der Waals surface area contributed by atoms with Gasteiger partial charge >= 0.3 is 0 Å². The lowest BCUT2D eigenvalue weighted by atomic mass is 10.2. The summed E-state index contributed by atoms with van der Waals surface area (Å²) in [6, 6.07) is 8.39. The molecule has 1 aromatic carbocycles. The Hall–Kier alpha value is -1.52. The predicted molar refractivity (Wildman–Crippen MR) is 69.3 cm³/mol. The maximum absolute atomic E-state index is 8.56. The van der Waals surface area contributed by atoms with Crippen LogP contribution in [0, 0.1) is 0 Å². The SMILES string of the molecule is Cn1ccc2cc(NCCOCCO)ccc21. The first-order chi connectivity index (χ1) is 8.31. The van der Waals surface area contributed by atoms with Crippen LogP contribution in [-0.2, 0) is 11.8 Å². The molecular formula is C13H18N2O2. The number of aliphatic hydroxyl groups excluding tert-OH is 1. The lowest BCUT2D eigenvalue weighted by molar-refractivity contribution is 0.0992. The van der Waals surface area contributed by atoms with Crippen LogP contribution < -0.4 is 5.32 Å². The molecule has 2 N–H and O–H groups in total. The third-order valence-corrected chi connectivity index (χ3v) is 2.70.